The van der Waals surface area contributed by atoms with Crippen molar-refractivity contribution in [2.75, 3.05) is 13.7 Å². The first kappa shape index (κ1) is 18.1. The number of methoxy groups -OCH3 is 1. The summed E-state index contributed by atoms with van der Waals surface area (Å²) >= 11 is 0. The third kappa shape index (κ3) is 4.08. The zero-order valence-corrected chi connectivity index (χ0v) is 14.6. The summed E-state index contributed by atoms with van der Waals surface area (Å²) in [5.74, 6) is -0.896. The third-order valence-electron chi connectivity index (χ3n) is 4.76. The first-order valence-electron chi connectivity index (χ1n) is 8.57. The molecule has 5 nitrogen and oxygen atoms in total. The number of carbonyl (C=O) groups excluding carboxylic acids is 2. The van der Waals surface area contributed by atoms with Gasteiger partial charge in [0.1, 0.15) is 12.4 Å². The number of fused-ring (bicyclic) bond motifs is 1. The van der Waals surface area contributed by atoms with E-state index in [-0.39, 0.29) is 30.8 Å². The van der Waals surface area contributed by atoms with Crippen LogP contribution in [0.4, 0.5) is 4.39 Å². The van der Waals surface area contributed by atoms with E-state index >= 15 is 0 Å². The largest absolute Gasteiger partial charge is 0.465 e. The van der Waals surface area contributed by atoms with Gasteiger partial charge in [-0.2, -0.15) is 0 Å². The van der Waals surface area contributed by atoms with Gasteiger partial charge >= 0.3 is 5.97 Å². The van der Waals surface area contributed by atoms with Crippen molar-refractivity contribution in [2.24, 2.45) is 0 Å². The lowest BCUT2D eigenvalue weighted by atomic mass is 9.94. The van der Waals surface area contributed by atoms with Crippen LogP contribution in [0.5, 0.6) is 0 Å². The number of hydrogen-bond acceptors (Lipinski definition) is 3. The van der Waals surface area contributed by atoms with Gasteiger partial charge in [-0.15, -0.1) is 0 Å². The van der Waals surface area contributed by atoms with Crippen molar-refractivity contribution in [3.63, 3.8) is 0 Å². The van der Waals surface area contributed by atoms with Crippen LogP contribution in [0.3, 0.4) is 0 Å². The Labute approximate surface area is 151 Å². The molecular formula is C20H22FN2O3+. The summed E-state index contributed by atoms with van der Waals surface area (Å²) < 4.78 is 18.6. The van der Waals surface area contributed by atoms with E-state index in [1.54, 1.807) is 18.2 Å². The van der Waals surface area contributed by atoms with E-state index in [1.165, 1.54) is 13.2 Å². The summed E-state index contributed by atoms with van der Waals surface area (Å²) in [5, 5.41) is 2.74. The Morgan fingerprint density at radius 3 is 2.58 bits per heavy atom. The minimum absolute atomic E-state index is 0.123. The molecule has 1 heterocycles. The molecule has 2 aromatic rings. The molecule has 3 rings (SSSR count). The lowest BCUT2D eigenvalue weighted by Gasteiger charge is -2.31. The highest BCUT2D eigenvalue weighted by Crippen LogP contribution is 2.14. The molecule has 0 aliphatic carbocycles. The molecule has 6 heteroatoms. The number of halogens is 1. The van der Waals surface area contributed by atoms with Crippen molar-refractivity contribution in [3.8, 4) is 0 Å². The molecule has 26 heavy (non-hydrogen) atoms. The van der Waals surface area contributed by atoms with Crippen LogP contribution >= 0.6 is 0 Å². The minimum atomic E-state index is -0.422. The van der Waals surface area contributed by atoms with Crippen LogP contribution in [0.1, 0.15) is 16.7 Å². The Hall–Kier alpha value is -2.73. The van der Waals surface area contributed by atoms with Crippen molar-refractivity contribution in [1.82, 2.24) is 5.32 Å². The number of nitrogens with one attached hydrogen (secondary N) is 2. The molecule has 0 bridgehead atoms. The second-order valence-electron chi connectivity index (χ2n) is 6.43. The first-order chi connectivity index (χ1) is 12.6. The number of hydrogen-bond donors (Lipinski definition) is 2. The molecule has 1 amide bonds. The van der Waals surface area contributed by atoms with E-state index in [1.807, 2.05) is 24.3 Å². The highest BCUT2D eigenvalue weighted by atomic mass is 19.1. The van der Waals surface area contributed by atoms with Crippen LogP contribution in [0.2, 0.25) is 0 Å². The molecule has 2 atom stereocenters. The maximum atomic E-state index is 13.7. The Balaban J connectivity index is 1.67. The second-order valence-corrected chi connectivity index (χ2v) is 6.43. The van der Waals surface area contributed by atoms with Gasteiger partial charge in [-0.25, -0.2) is 9.18 Å². The number of quaternary nitrogens is 1. The van der Waals surface area contributed by atoms with Gasteiger partial charge in [0.2, 0.25) is 0 Å². The van der Waals surface area contributed by atoms with Gasteiger partial charge in [-0.05, 0) is 11.6 Å². The molecule has 1 aliphatic rings. The van der Waals surface area contributed by atoms with Crippen molar-refractivity contribution in [2.45, 2.75) is 25.6 Å². The lowest BCUT2D eigenvalue weighted by molar-refractivity contribution is -0.924. The maximum absolute atomic E-state index is 13.7. The van der Waals surface area contributed by atoms with Crippen molar-refractivity contribution >= 4 is 11.9 Å². The van der Waals surface area contributed by atoms with E-state index in [9.17, 15) is 14.0 Å². The van der Waals surface area contributed by atoms with Crippen LogP contribution < -0.4 is 10.2 Å². The maximum Gasteiger partial charge on any atom is 0.365 e. The summed E-state index contributed by atoms with van der Waals surface area (Å²) in [4.78, 5) is 25.4. The lowest BCUT2D eigenvalue weighted by Crippen LogP contribution is -3.17. The summed E-state index contributed by atoms with van der Waals surface area (Å²) in [6.45, 7) is 0.823. The summed E-state index contributed by atoms with van der Waals surface area (Å²) in [6, 6.07) is 13.8. The van der Waals surface area contributed by atoms with E-state index in [0.29, 0.717) is 18.5 Å². The smallest absolute Gasteiger partial charge is 0.365 e. The summed E-state index contributed by atoms with van der Waals surface area (Å²) in [6.07, 6.45) is 0.540. The van der Waals surface area contributed by atoms with E-state index < -0.39 is 6.04 Å². The van der Waals surface area contributed by atoms with Gasteiger partial charge in [-0.1, -0.05) is 42.5 Å². The Morgan fingerprint density at radius 2 is 1.85 bits per heavy atom. The van der Waals surface area contributed by atoms with Gasteiger partial charge in [0, 0.05) is 24.1 Å². The molecule has 2 N–H and O–H groups in total. The van der Waals surface area contributed by atoms with Crippen LogP contribution in [-0.4, -0.2) is 31.6 Å². The van der Waals surface area contributed by atoms with Gasteiger partial charge in [0.15, 0.2) is 12.6 Å². The number of esters is 1. The normalized spacial score (nSPS) is 18.7. The number of benzene rings is 2. The molecule has 136 valence electrons. The molecule has 0 saturated carbocycles. The van der Waals surface area contributed by atoms with Gasteiger partial charge in [0.25, 0.3) is 5.91 Å². The van der Waals surface area contributed by atoms with Crippen LogP contribution in [0.25, 0.3) is 0 Å². The fraction of sp³-hybridized carbons (Fsp3) is 0.300. The fourth-order valence-corrected chi connectivity index (χ4v) is 3.34. The Morgan fingerprint density at radius 1 is 1.15 bits per heavy atom. The zero-order chi connectivity index (χ0) is 18.5. The number of rotatable bonds is 5. The third-order valence-corrected chi connectivity index (χ3v) is 4.76. The topological polar surface area (TPSA) is 59.8 Å². The molecular weight excluding hydrogens is 335 g/mol. The average molecular weight is 357 g/mol. The Kier molecular flexibility index (Phi) is 5.63. The molecule has 1 unspecified atom stereocenters. The highest BCUT2D eigenvalue weighted by Gasteiger charge is 2.36. The molecule has 0 saturated heterocycles. The Bertz CT molecular complexity index is 809. The monoisotopic (exact) mass is 357 g/mol. The van der Waals surface area contributed by atoms with E-state index in [4.69, 9.17) is 4.74 Å². The molecule has 0 spiro atoms. The quantitative estimate of drug-likeness (QED) is 0.772. The summed E-state index contributed by atoms with van der Waals surface area (Å²) in [5.41, 5.74) is 2.67. The van der Waals surface area contributed by atoms with Crippen LogP contribution in [-0.2, 0) is 33.8 Å². The molecule has 0 fully saturated rings. The van der Waals surface area contributed by atoms with Crippen molar-refractivity contribution in [3.05, 3.63) is 71.0 Å². The number of ether oxygens (including phenoxy) is 1. The van der Waals surface area contributed by atoms with Gasteiger partial charge < -0.3 is 15.0 Å². The number of carbonyl (C=O) groups is 2. The highest BCUT2D eigenvalue weighted by molar-refractivity contribution is 5.78. The minimum Gasteiger partial charge on any atom is -0.465 e. The van der Waals surface area contributed by atoms with Crippen LogP contribution in [0.15, 0.2) is 48.5 Å². The molecule has 2 aromatic carbocycles. The number of amides is 1. The molecule has 0 radical (unpaired) electrons. The van der Waals surface area contributed by atoms with E-state index in [0.717, 1.165) is 16.0 Å². The zero-order valence-electron chi connectivity index (χ0n) is 14.6. The fourth-order valence-electron chi connectivity index (χ4n) is 3.34. The molecule has 0 aromatic heterocycles. The first-order valence-corrected chi connectivity index (χ1v) is 8.57. The van der Waals surface area contributed by atoms with Gasteiger partial charge in [-0.3, -0.25) is 4.79 Å². The second kappa shape index (κ2) is 8.10. The van der Waals surface area contributed by atoms with Crippen LogP contribution in [0, 0.1) is 5.82 Å². The molecule has 1 aliphatic heterocycles. The average Bonchev–Trinajstić information content (AvgIpc) is 2.66. The van der Waals surface area contributed by atoms with Crippen molar-refractivity contribution < 1.29 is 23.6 Å². The standard InChI is InChI=1S/C20H21FN2O3/c1-26-20(25)18-10-14-6-2-3-8-16(14)12-23(18)13-19(24)22-11-15-7-4-5-9-17(15)21/h2-9,18H,10-13H2,1H3,(H,22,24)/p+1/t18-/m0/s1. The summed E-state index contributed by atoms with van der Waals surface area (Å²) in [7, 11) is 1.36. The predicted molar refractivity (Wildman–Crippen MR) is 93.7 cm³/mol. The van der Waals surface area contributed by atoms with Gasteiger partial charge in [0.05, 0.1) is 7.11 Å². The van der Waals surface area contributed by atoms with Crippen molar-refractivity contribution in [1.29, 1.82) is 0 Å². The SMILES string of the molecule is COC(=O)[C@@H]1Cc2ccccc2C[NH+]1CC(=O)NCc1ccccc1F. The van der Waals surface area contributed by atoms with E-state index in [2.05, 4.69) is 5.32 Å². The predicted octanol–water partition coefficient (Wildman–Crippen LogP) is 0.625.